The zero-order valence-electron chi connectivity index (χ0n) is 9.37. The molecule has 0 aromatic heterocycles. The number of hydrogen-bond donors (Lipinski definition) is 1. The molecule has 6 heteroatoms. The number of hydrogen-bond acceptors (Lipinski definition) is 5. The van der Waals surface area contributed by atoms with Crippen LogP contribution in [0, 0.1) is 5.92 Å². The van der Waals surface area contributed by atoms with Crippen LogP contribution in [0.3, 0.4) is 0 Å². The molecule has 94 valence electrons. The summed E-state index contributed by atoms with van der Waals surface area (Å²) in [6, 6.07) is 0. The third-order valence-electron chi connectivity index (χ3n) is 2.89. The van der Waals surface area contributed by atoms with Crippen molar-refractivity contribution in [2.45, 2.75) is 25.2 Å². The fourth-order valence-electron chi connectivity index (χ4n) is 2.08. The fourth-order valence-corrected chi connectivity index (χ4v) is 2.08. The summed E-state index contributed by atoms with van der Waals surface area (Å²) in [4.78, 5) is 21.5. The Bertz CT molecular complexity index is 350. The average Bonchev–Trinajstić information content (AvgIpc) is 2.81. The summed E-state index contributed by atoms with van der Waals surface area (Å²) in [5.74, 6) is -1.59. The van der Waals surface area contributed by atoms with E-state index in [1.54, 1.807) is 0 Å². The lowest BCUT2D eigenvalue weighted by Gasteiger charge is -2.15. The number of ether oxygens (including phenoxy) is 3. The van der Waals surface area contributed by atoms with Gasteiger partial charge in [-0.05, 0) is 0 Å². The van der Waals surface area contributed by atoms with Gasteiger partial charge in [-0.1, -0.05) is 6.92 Å². The lowest BCUT2D eigenvalue weighted by Crippen LogP contribution is -2.32. The van der Waals surface area contributed by atoms with Gasteiger partial charge >= 0.3 is 11.9 Å². The van der Waals surface area contributed by atoms with Crippen molar-refractivity contribution in [3.05, 3.63) is 12.2 Å². The van der Waals surface area contributed by atoms with E-state index in [0.29, 0.717) is 19.1 Å². The van der Waals surface area contributed by atoms with Crippen molar-refractivity contribution < 1.29 is 28.9 Å². The normalized spacial score (nSPS) is 36.1. The maximum atomic E-state index is 11.3. The largest absolute Gasteiger partial charge is 0.478 e. The number of rotatable bonds is 3. The monoisotopic (exact) mass is 242 g/mol. The first-order valence-corrected chi connectivity index (χ1v) is 5.42. The molecule has 0 spiro atoms. The van der Waals surface area contributed by atoms with Crippen LogP contribution in [-0.4, -0.2) is 48.6 Å². The van der Waals surface area contributed by atoms with Gasteiger partial charge in [0.05, 0.1) is 19.3 Å². The first kappa shape index (κ1) is 12.1. The number of aliphatic carboxylic acids is 1. The van der Waals surface area contributed by atoms with Crippen molar-refractivity contribution in [1.82, 2.24) is 0 Å². The molecule has 0 aliphatic carbocycles. The van der Waals surface area contributed by atoms with E-state index >= 15 is 0 Å². The molecule has 2 aliphatic heterocycles. The lowest BCUT2D eigenvalue weighted by atomic mass is 10.0. The molecule has 0 amide bonds. The number of carbonyl (C=O) groups excluding carboxylic acids is 1. The van der Waals surface area contributed by atoms with Crippen LogP contribution in [0.5, 0.6) is 0 Å². The van der Waals surface area contributed by atoms with E-state index in [0.717, 1.165) is 12.2 Å². The number of esters is 1. The van der Waals surface area contributed by atoms with Crippen LogP contribution in [0.4, 0.5) is 0 Å². The van der Waals surface area contributed by atoms with E-state index in [1.807, 2.05) is 6.92 Å². The maximum absolute atomic E-state index is 11.3. The highest BCUT2D eigenvalue weighted by atomic mass is 16.6. The van der Waals surface area contributed by atoms with Crippen molar-refractivity contribution in [3.8, 4) is 0 Å². The minimum Gasteiger partial charge on any atom is -0.478 e. The highest BCUT2D eigenvalue weighted by Crippen LogP contribution is 2.32. The van der Waals surface area contributed by atoms with Crippen LogP contribution in [0.15, 0.2) is 12.2 Å². The molecule has 0 bridgehead atoms. The van der Waals surface area contributed by atoms with E-state index in [1.165, 1.54) is 0 Å². The van der Waals surface area contributed by atoms with Crippen LogP contribution < -0.4 is 0 Å². The third-order valence-corrected chi connectivity index (χ3v) is 2.89. The lowest BCUT2D eigenvalue weighted by molar-refractivity contribution is -0.148. The standard InChI is InChI=1S/C11H14O6/c1-6-4-15-11-7(5-16-10(6)11)17-9(14)3-2-8(12)13/h2-3,6-7,10-11H,4-5H2,1H3,(H,12,13)/t6-,7-,10+,11+/m0/s1. The van der Waals surface area contributed by atoms with Crippen LogP contribution >= 0.6 is 0 Å². The van der Waals surface area contributed by atoms with Crippen LogP contribution in [0.1, 0.15) is 6.92 Å². The molecule has 1 N–H and O–H groups in total. The molecule has 2 rings (SSSR count). The van der Waals surface area contributed by atoms with Gasteiger partial charge < -0.3 is 19.3 Å². The molecule has 17 heavy (non-hydrogen) atoms. The van der Waals surface area contributed by atoms with E-state index in [4.69, 9.17) is 19.3 Å². The summed E-state index contributed by atoms with van der Waals surface area (Å²) >= 11 is 0. The Kier molecular flexibility index (Phi) is 3.44. The predicted octanol–water partition coefficient (Wildman–Crippen LogP) is -0.0273. The zero-order valence-corrected chi connectivity index (χ0v) is 9.37. The van der Waals surface area contributed by atoms with Gasteiger partial charge in [0.2, 0.25) is 0 Å². The number of carbonyl (C=O) groups is 2. The molecule has 0 aromatic carbocycles. The van der Waals surface area contributed by atoms with Crippen molar-refractivity contribution in [2.24, 2.45) is 5.92 Å². The smallest absolute Gasteiger partial charge is 0.331 e. The van der Waals surface area contributed by atoms with Gasteiger partial charge in [0.25, 0.3) is 0 Å². The number of fused-ring (bicyclic) bond motifs is 1. The second kappa shape index (κ2) is 4.85. The summed E-state index contributed by atoms with van der Waals surface area (Å²) in [6.45, 7) is 2.90. The predicted molar refractivity (Wildman–Crippen MR) is 55.3 cm³/mol. The van der Waals surface area contributed by atoms with Crippen molar-refractivity contribution >= 4 is 11.9 Å². The molecule has 6 nitrogen and oxygen atoms in total. The Morgan fingerprint density at radius 2 is 1.94 bits per heavy atom. The van der Waals surface area contributed by atoms with Gasteiger partial charge in [0.1, 0.15) is 6.10 Å². The molecular weight excluding hydrogens is 228 g/mol. The van der Waals surface area contributed by atoms with Gasteiger partial charge in [-0.3, -0.25) is 0 Å². The minimum atomic E-state index is -1.19. The molecule has 0 unspecified atom stereocenters. The quantitative estimate of drug-likeness (QED) is 0.553. The minimum absolute atomic E-state index is 0.0312. The van der Waals surface area contributed by atoms with E-state index in [9.17, 15) is 9.59 Å². The Hall–Kier alpha value is -1.40. The molecule has 2 heterocycles. The SMILES string of the molecule is C[C@H]1CO[C@H]2[C@@H]1OC[C@@H]2OC(=O)C=CC(=O)O. The Morgan fingerprint density at radius 1 is 1.24 bits per heavy atom. The third kappa shape index (κ3) is 2.65. The Labute approximate surface area is 98.1 Å². The zero-order chi connectivity index (χ0) is 12.4. The number of carboxylic acid groups (broad SMARTS) is 1. The van der Waals surface area contributed by atoms with Crippen LogP contribution in [0.2, 0.25) is 0 Å². The topological polar surface area (TPSA) is 82.1 Å². The van der Waals surface area contributed by atoms with E-state index < -0.39 is 18.0 Å². The first-order chi connectivity index (χ1) is 8.08. The second-order valence-corrected chi connectivity index (χ2v) is 4.22. The average molecular weight is 242 g/mol. The molecule has 2 fully saturated rings. The van der Waals surface area contributed by atoms with E-state index in [-0.39, 0.29) is 12.2 Å². The Balaban J connectivity index is 1.88. The first-order valence-electron chi connectivity index (χ1n) is 5.42. The van der Waals surface area contributed by atoms with Gasteiger partial charge in [-0.15, -0.1) is 0 Å². The van der Waals surface area contributed by atoms with Gasteiger partial charge in [-0.25, -0.2) is 9.59 Å². The highest BCUT2D eigenvalue weighted by molar-refractivity contribution is 5.90. The molecule has 0 aromatic rings. The Morgan fingerprint density at radius 3 is 2.65 bits per heavy atom. The molecular formula is C11H14O6. The number of carboxylic acids is 1. The van der Waals surface area contributed by atoms with Gasteiger partial charge in [-0.2, -0.15) is 0 Å². The van der Waals surface area contributed by atoms with E-state index in [2.05, 4.69) is 0 Å². The summed E-state index contributed by atoms with van der Waals surface area (Å²) in [6.07, 6.45) is 0.918. The molecule has 0 saturated carbocycles. The van der Waals surface area contributed by atoms with Crippen molar-refractivity contribution in [3.63, 3.8) is 0 Å². The summed E-state index contributed by atoms with van der Waals surface area (Å²) in [5.41, 5.74) is 0. The summed E-state index contributed by atoms with van der Waals surface area (Å²) in [5, 5.41) is 8.36. The second-order valence-electron chi connectivity index (χ2n) is 4.22. The highest BCUT2D eigenvalue weighted by Gasteiger charge is 2.47. The summed E-state index contributed by atoms with van der Waals surface area (Å²) in [7, 11) is 0. The summed E-state index contributed by atoms with van der Waals surface area (Å²) < 4.78 is 16.1. The van der Waals surface area contributed by atoms with Crippen molar-refractivity contribution in [2.75, 3.05) is 13.2 Å². The molecule has 0 radical (unpaired) electrons. The fraction of sp³-hybridized carbons (Fsp3) is 0.636. The maximum Gasteiger partial charge on any atom is 0.331 e. The van der Waals surface area contributed by atoms with Crippen LogP contribution in [-0.2, 0) is 23.8 Å². The van der Waals surface area contributed by atoms with Crippen molar-refractivity contribution in [1.29, 1.82) is 0 Å². The molecule has 2 aliphatic rings. The van der Waals surface area contributed by atoms with Gasteiger partial charge in [0, 0.05) is 18.1 Å². The van der Waals surface area contributed by atoms with Gasteiger partial charge in [0.15, 0.2) is 6.10 Å². The molecule has 4 atom stereocenters. The molecule has 2 saturated heterocycles. The van der Waals surface area contributed by atoms with Crippen LogP contribution in [0.25, 0.3) is 0 Å².